The molecule has 0 saturated carbocycles. The van der Waals surface area contributed by atoms with E-state index in [2.05, 4.69) is 17.3 Å². The third kappa shape index (κ3) is 3.70. The number of rotatable bonds is 6. The first-order valence-electron chi connectivity index (χ1n) is 6.83. The van der Waals surface area contributed by atoms with Crippen molar-refractivity contribution in [2.45, 2.75) is 27.0 Å². The molecule has 2 aromatic rings. The minimum atomic E-state index is 0.349. The highest BCUT2D eigenvalue weighted by Gasteiger charge is 2.14. The van der Waals surface area contributed by atoms with E-state index in [4.69, 9.17) is 27.9 Å². The number of nitrogens with one attached hydrogen (secondary N) is 1. The van der Waals surface area contributed by atoms with Gasteiger partial charge in [-0.2, -0.15) is 5.10 Å². The molecule has 2 rings (SSSR count). The Labute approximate surface area is 135 Å². The van der Waals surface area contributed by atoms with Crippen LogP contribution in [0.5, 0.6) is 5.75 Å². The smallest absolute Gasteiger partial charge is 0.142 e. The summed E-state index contributed by atoms with van der Waals surface area (Å²) in [6.07, 6.45) is 0. The summed E-state index contributed by atoms with van der Waals surface area (Å²) < 4.78 is 7.56. The molecule has 6 heteroatoms. The van der Waals surface area contributed by atoms with Crippen molar-refractivity contribution in [3.63, 3.8) is 0 Å². The Bertz CT molecular complexity index is 626. The van der Waals surface area contributed by atoms with Gasteiger partial charge in [0.05, 0.1) is 10.7 Å². The first kappa shape index (κ1) is 16.1. The minimum absolute atomic E-state index is 0.349. The molecule has 0 spiro atoms. The summed E-state index contributed by atoms with van der Waals surface area (Å²) in [6, 6.07) is 5.75. The predicted octanol–water partition coefficient (Wildman–Crippen LogP) is 3.72. The Morgan fingerprint density at radius 3 is 2.71 bits per heavy atom. The lowest BCUT2D eigenvalue weighted by Gasteiger charge is -2.13. The molecule has 1 N–H and O–H groups in total. The van der Waals surface area contributed by atoms with E-state index in [1.165, 1.54) is 0 Å². The third-order valence-corrected chi connectivity index (χ3v) is 4.02. The average molecular weight is 328 g/mol. The van der Waals surface area contributed by atoms with Crippen molar-refractivity contribution >= 4 is 23.2 Å². The highest BCUT2D eigenvalue weighted by Crippen LogP contribution is 2.30. The summed E-state index contributed by atoms with van der Waals surface area (Å²) in [5.41, 5.74) is 2.78. The molecule has 0 amide bonds. The first-order valence-corrected chi connectivity index (χ1v) is 7.59. The molecule has 0 atom stereocenters. The lowest BCUT2D eigenvalue weighted by atomic mass is 10.2. The number of ether oxygens (including phenoxy) is 1. The largest absolute Gasteiger partial charge is 0.487 e. The second-order valence-electron chi connectivity index (χ2n) is 4.78. The number of hydrogen-bond acceptors (Lipinski definition) is 3. The van der Waals surface area contributed by atoms with Crippen LogP contribution in [0.4, 0.5) is 0 Å². The van der Waals surface area contributed by atoms with Gasteiger partial charge in [-0.1, -0.05) is 42.3 Å². The molecule has 114 valence electrons. The van der Waals surface area contributed by atoms with Gasteiger partial charge in [-0.05, 0) is 19.5 Å². The third-order valence-electron chi connectivity index (χ3n) is 3.24. The molecule has 0 unspecified atom stereocenters. The number of aromatic nitrogens is 2. The normalized spacial score (nSPS) is 10.9. The van der Waals surface area contributed by atoms with Crippen molar-refractivity contribution in [3.05, 3.63) is 45.2 Å². The van der Waals surface area contributed by atoms with Gasteiger partial charge in [0.15, 0.2) is 0 Å². The molecule has 0 aliphatic heterocycles. The number of para-hydroxylation sites is 1. The van der Waals surface area contributed by atoms with Gasteiger partial charge < -0.3 is 10.1 Å². The van der Waals surface area contributed by atoms with Crippen molar-refractivity contribution in [2.24, 2.45) is 7.05 Å². The van der Waals surface area contributed by atoms with E-state index < -0.39 is 0 Å². The fourth-order valence-corrected chi connectivity index (χ4v) is 2.57. The van der Waals surface area contributed by atoms with Crippen molar-refractivity contribution < 1.29 is 4.74 Å². The highest BCUT2D eigenvalue weighted by atomic mass is 35.5. The quantitative estimate of drug-likeness (QED) is 0.878. The number of halogens is 2. The summed E-state index contributed by atoms with van der Waals surface area (Å²) in [5, 5.41) is 8.74. The van der Waals surface area contributed by atoms with E-state index in [1.54, 1.807) is 4.68 Å². The molecule has 4 nitrogen and oxygen atoms in total. The molecule has 0 aliphatic rings. The second-order valence-corrected chi connectivity index (χ2v) is 5.54. The van der Waals surface area contributed by atoms with Gasteiger partial charge in [-0.3, -0.25) is 4.68 Å². The SMILES string of the molecule is CCNCc1cccc(Cl)c1OCc1c(C)nn(C)c1Cl. The molecule has 0 aliphatic carbocycles. The van der Waals surface area contributed by atoms with Gasteiger partial charge in [-0.25, -0.2) is 0 Å². The van der Waals surface area contributed by atoms with E-state index in [0.717, 1.165) is 23.4 Å². The lowest BCUT2D eigenvalue weighted by molar-refractivity contribution is 0.301. The zero-order valence-corrected chi connectivity index (χ0v) is 13.9. The molecule has 0 radical (unpaired) electrons. The van der Waals surface area contributed by atoms with Gasteiger partial charge in [0.2, 0.25) is 0 Å². The molecule has 21 heavy (non-hydrogen) atoms. The molecule has 1 aromatic heterocycles. The van der Waals surface area contributed by atoms with Crippen molar-refractivity contribution in [2.75, 3.05) is 6.54 Å². The van der Waals surface area contributed by atoms with E-state index in [-0.39, 0.29) is 0 Å². The summed E-state index contributed by atoms with van der Waals surface area (Å²) in [7, 11) is 1.81. The van der Waals surface area contributed by atoms with Crippen molar-refractivity contribution in [1.82, 2.24) is 15.1 Å². The van der Waals surface area contributed by atoms with Gasteiger partial charge in [-0.15, -0.1) is 0 Å². The topological polar surface area (TPSA) is 39.1 Å². The Morgan fingerprint density at radius 1 is 1.33 bits per heavy atom. The van der Waals surface area contributed by atoms with Gasteiger partial charge in [0, 0.05) is 24.7 Å². The summed E-state index contributed by atoms with van der Waals surface area (Å²) in [5.74, 6) is 0.694. The highest BCUT2D eigenvalue weighted by molar-refractivity contribution is 6.32. The van der Waals surface area contributed by atoms with E-state index in [0.29, 0.717) is 29.1 Å². The van der Waals surface area contributed by atoms with Gasteiger partial charge in [0.25, 0.3) is 0 Å². The van der Waals surface area contributed by atoms with Crippen LogP contribution in [0.1, 0.15) is 23.7 Å². The van der Waals surface area contributed by atoms with Crippen LogP contribution >= 0.6 is 23.2 Å². The number of hydrogen-bond donors (Lipinski definition) is 1. The van der Waals surface area contributed by atoms with E-state index in [9.17, 15) is 0 Å². The van der Waals surface area contributed by atoms with Crippen LogP contribution in [0.2, 0.25) is 10.2 Å². The van der Waals surface area contributed by atoms with Crippen molar-refractivity contribution in [3.8, 4) is 5.75 Å². The maximum Gasteiger partial charge on any atom is 0.142 e. The Morgan fingerprint density at radius 2 is 2.10 bits per heavy atom. The fourth-order valence-electron chi connectivity index (χ4n) is 2.10. The summed E-state index contributed by atoms with van der Waals surface area (Å²) >= 11 is 12.5. The molecule has 0 fully saturated rings. The number of nitrogens with zero attached hydrogens (tertiary/aromatic N) is 2. The average Bonchev–Trinajstić information content (AvgIpc) is 2.69. The lowest BCUT2D eigenvalue weighted by Crippen LogP contribution is -2.13. The van der Waals surface area contributed by atoms with Gasteiger partial charge in [0.1, 0.15) is 17.5 Å². The van der Waals surface area contributed by atoms with Crippen LogP contribution in [-0.2, 0) is 20.2 Å². The van der Waals surface area contributed by atoms with Crippen LogP contribution in [-0.4, -0.2) is 16.3 Å². The Kier molecular flexibility index (Phi) is 5.51. The molecule has 1 heterocycles. The maximum absolute atomic E-state index is 6.25. The zero-order valence-electron chi connectivity index (χ0n) is 12.4. The Balaban J connectivity index is 2.19. The predicted molar refractivity (Wildman–Crippen MR) is 86.1 cm³/mol. The van der Waals surface area contributed by atoms with E-state index >= 15 is 0 Å². The Hall–Kier alpha value is -1.23. The summed E-state index contributed by atoms with van der Waals surface area (Å²) in [6.45, 7) is 5.92. The van der Waals surface area contributed by atoms with Crippen LogP contribution in [0.25, 0.3) is 0 Å². The summed E-state index contributed by atoms with van der Waals surface area (Å²) in [4.78, 5) is 0. The first-order chi connectivity index (χ1) is 10.0. The van der Waals surface area contributed by atoms with Crippen molar-refractivity contribution in [1.29, 1.82) is 0 Å². The zero-order chi connectivity index (χ0) is 15.4. The minimum Gasteiger partial charge on any atom is -0.487 e. The van der Waals surface area contributed by atoms with Gasteiger partial charge >= 0.3 is 0 Å². The molecule has 0 saturated heterocycles. The van der Waals surface area contributed by atoms with E-state index in [1.807, 2.05) is 32.2 Å². The molecular formula is C15H19Cl2N3O. The van der Waals surface area contributed by atoms with Crippen LogP contribution in [0.15, 0.2) is 18.2 Å². The standard InChI is InChI=1S/C15H19Cl2N3O/c1-4-18-8-11-6-5-7-13(16)14(11)21-9-12-10(2)19-20(3)15(12)17/h5-7,18H,4,8-9H2,1-3H3. The van der Waals surface area contributed by atoms with Crippen LogP contribution in [0, 0.1) is 6.92 Å². The maximum atomic E-state index is 6.25. The number of aryl methyl sites for hydroxylation is 2. The molecule has 0 bridgehead atoms. The monoisotopic (exact) mass is 327 g/mol. The number of benzene rings is 1. The molecule has 1 aromatic carbocycles. The van der Waals surface area contributed by atoms with Crippen LogP contribution < -0.4 is 10.1 Å². The fraction of sp³-hybridized carbons (Fsp3) is 0.400. The molecular weight excluding hydrogens is 309 g/mol. The second kappa shape index (κ2) is 7.16. The van der Waals surface area contributed by atoms with Crippen LogP contribution in [0.3, 0.4) is 0 Å².